The van der Waals surface area contributed by atoms with Crippen LogP contribution in [0, 0.1) is 5.92 Å². The van der Waals surface area contributed by atoms with Crippen molar-refractivity contribution in [1.29, 1.82) is 0 Å². The van der Waals surface area contributed by atoms with E-state index in [0.29, 0.717) is 28.5 Å². The van der Waals surface area contributed by atoms with Crippen LogP contribution in [0.15, 0.2) is 16.6 Å². The van der Waals surface area contributed by atoms with Crippen molar-refractivity contribution in [3.8, 4) is 11.5 Å². The van der Waals surface area contributed by atoms with Gasteiger partial charge in [-0.05, 0) is 46.8 Å². The Morgan fingerprint density at radius 3 is 2.75 bits per heavy atom. The zero-order chi connectivity index (χ0) is 14.5. The number of halogens is 1. The molecule has 0 unspecified atom stereocenters. The van der Waals surface area contributed by atoms with Gasteiger partial charge in [0.15, 0.2) is 11.5 Å². The maximum atomic E-state index is 11.0. The Kier molecular flexibility index (Phi) is 5.25. The van der Waals surface area contributed by atoms with E-state index < -0.39 is 5.97 Å². The van der Waals surface area contributed by atoms with Gasteiger partial charge in [-0.2, -0.15) is 0 Å². The van der Waals surface area contributed by atoms with Crippen molar-refractivity contribution in [1.82, 2.24) is 0 Å². The molecule has 1 aromatic rings. The molecule has 0 amide bonds. The van der Waals surface area contributed by atoms with Gasteiger partial charge < -0.3 is 19.3 Å². The maximum absolute atomic E-state index is 11.0. The molecule has 1 N–H and O–H groups in total. The third kappa shape index (κ3) is 3.64. The second-order valence-corrected chi connectivity index (χ2v) is 5.52. The molecule has 20 heavy (non-hydrogen) atoms. The molecule has 1 aromatic carbocycles. The lowest BCUT2D eigenvalue weighted by Crippen LogP contribution is -2.21. The molecule has 0 spiro atoms. The van der Waals surface area contributed by atoms with Gasteiger partial charge in [-0.3, -0.25) is 0 Å². The monoisotopic (exact) mass is 344 g/mol. The lowest BCUT2D eigenvalue weighted by molar-refractivity contribution is 0.0492. The van der Waals surface area contributed by atoms with Crippen LogP contribution in [-0.2, 0) is 4.74 Å². The van der Waals surface area contributed by atoms with E-state index in [1.807, 2.05) is 0 Å². The lowest BCUT2D eigenvalue weighted by Gasteiger charge is -2.23. The zero-order valence-corrected chi connectivity index (χ0v) is 12.8. The van der Waals surface area contributed by atoms with Crippen molar-refractivity contribution < 1.29 is 24.1 Å². The summed E-state index contributed by atoms with van der Waals surface area (Å²) in [4.78, 5) is 11.0. The van der Waals surface area contributed by atoms with Gasteiger partial charge in [0.1, 0.15) is 0 Å². The van der Waals surface area contributed by atoms with E-state index in [9.17, 15) is 4.79 Å². The second kappa shape index (κ2) is 6.95. The fraction of sp³-hybridized carbons (Fsp3) is 0.500. The summed E-state index contributed by atoms with van der Waals surface area (Å²) in [5, 5.41) is 9.02. The molecule has 0 aliphatic carbocycles. The van der Waals surface area contributed by atoms with Crippen LogP contribution in [0.1, 0.15) is 23.2 Å². The van der Waals surface area contributed by atoms with Gasteiger partial charge in [0.2, 0.25) is 0 Å². The van der Waals surface area contributed by atoms with Crippen LogP contribution in [0.2, 0.25) is 0 Å². The zero-order valence-electron chi connectivity index (χ0n) is 11.2. The first-order chi connectivity index (χ1) is 9.61. The minimum atomic E-state index is -1.00. The van der Waals surface area contributed by atoms with E-state index in [4.69, 9.17) is 19.3 Å². The molecule has 0 bridgehead atoms. The number of aromatic carboxylic acids is 1. The van der Waals surface area contributed by atoms with Crippen LogP contribution in [0.3, 0.4) is 0 Å². The normalized spacial score (nSPS) is 15.9. The summed E-state index contributed by atoms with van der Waals surface area (Å²) in [6.45, 7) is 2.11. The summed E-state index contributed by atoms with van der Waals surface area (Å²) >= 11 is 3.34. The minimum Gasteiger partial charge on any atom is -0.493 e. The third-order valence-electron chi connectivity index (χ3n) is 3.28. The highest BCUT2D eigenvalue weighted by Crippen LogP contribution is 2.37. The summed E-state index contributed by atoms with van der Waals surface area (Å²) in [7, 11) is 1.49. The number of carboxylic acid groups (broad SMARTS) is 1. The number of hydrogen-bond acceptors (Lipinski definition) is 4. The third-order valence-corrected chi connectivity index (χ3v) is 3.87. The Bertz CT molecular complexity index is 483. The molecule has 0 aromatic heterocycles. The molecule has 5 nitrogen and oxygen atoms in total. The van der Waals surface area contributed by atoms with Crippen molar-refractivity contribution in [3.63, 3.8) is 0 Å². The average molecular weight is 345 g/mol. The highest BCUT2D eigenvalue weighted by molar-refractivity contribution is 9.10. The molecule has 0 saturated carbocycles. The first-order valence-electron chi connectivity index (χ1n) is 6.43. The van der Waals surface area contributed by atoms with Crippen molar-refractivity contribution in [3.05, 3.63) is 22.2 Å². The van der Waals surface area contributed by atoms with Gasteiger partial charge in [0.05, 0.1) is 23.8 Å². The molecule has 1 aliphatic rings. The first kappa shape index (κ1) is 15.1. The molecule has 110 valence electrons. The van der Waals surface area contributed by atoms with Crippen molar-refractivity contribution >= 4 is 21.9 Å². The highest BCUT2D eigenvalue weighted by Gasteiger charge is 2.18. The smallest absolute Gasteiger partial charge is 0.335 e. The molecule has 1 fully saturated rings. The summed E-state index contributed by atoms with van der Waals surface area (Å²) in [6, 6.07) is 2.98. The van der Waals surface area contributed by atoms with Crippen LogP contribution in [-0.4, -0.2) is 38.0 Å². The maximum Gasteiger partial charge on any atom is 0.335 e. The summed E-state index contributed by atoms with van der Waals surface area (Å²) in [6.07, 6.45) is 1.96. The molecule has 0 radical (unpaired) electrons. The molecular weight excluding hydrogens is 328 g/mol. The van der Waals surface area contributed by atoms with Gasteiger partial charge in [0, 0.05) is 13.2 Å². The number of rotatable bonds is 5. The predicted octanol–water partition coefficient (Wildman–Crippen LogP) is 2.96. The predicted molar refractivity (Wildman–Crippen MR) is 76.7 cm³/mol. The Hall–Kier alpha value is -1.27. The molecule has 1 saturated heterocycles. The SMILES string of the molecule is COc1cc(C(=O)O)cc(Br)c1OCC1CCOCC1. The molecule has 2 rings (SSSR count). The van der Waals surface area contributed by atoms with Crippen molar-refractivity contribution in [2.75, 3.05) is 26.9 Å². The number of methoxy groups -OCH3 is 1. The van der Waals surface area contributed by atoms with E-state index >= 15 is 0 Å². The molecule has 1 aliphatic heterocycles. The average Bonchev–Trinajstić information content (AvgIpc) is 2.46. The molecular formula is C14H17BrO5. The van der Waals surface area contributed by atoms with E-state index in [0.717, 1.165) is 26.1 Å². The standard InChI is InChI=1S/C14H17BrO5/c1-18-12-7-10(14(16)17)6-11(15)13(12)20-8-9-2-4-19-5-3-9/h6-7,9H,2-5,8H2,1H3,(H,16,17). The summed E-state index contributed by atoms with van der Waals surface area (Å²) in [5.74, 6) is 0.423. The van der Waals surface area contributed by atoms with Gasteiger partial charge in [-0.1, -0.05) is 0 Å². The van der Waals surface area contributed by atoms with Gasteiger partial charge in [-0.25, -0.2) is 4.79 Å². The molecule has 1 heterocycles. The van der Waals surface area contributed by atoms with E-state index in [-0.39, 0.29) is 5.56 Å². The van der Waals surface area contributed by atoms with Gasteiger partial charge >= 0.3 is 5.97 Å². The van der Waals surface area contributed by atoms with Crippen molar-refractivity contribution in [2.24, 2.45) is 5.92 Å². The quantitative estimate of drug-likeness (QED) is 0.889. The van der Waals surface area contributed by atoms with E-state index in [1.54, 1.807) is 0 Å². The second-order valence-electron chi connectivity index (χ2n) is 4.66. The van der Waals surface area contributed by atoms with E-state index in [2.05, 4.69) is 15.9 Å². The highest BCUT2D eigenvalue weighted by atomic mass is 79.9. The van der Waals surface area contributed by atoms with Crippen LogP contribution in [0.4, 0.5) is 0 Å². The van der Waals surface area contributed by atoms with Gasteiger partial charge in [-0.15, -0.1) is 0 Å². The van der Waals surface area contributed by atoms with Gasteiger partial charge in [0.25, 0.3) is 0 Å². The fourth-order valence-corrected chi connectivity index (χ4v) is 2.65. The number of carbonyl (C=O) groups is 1. The minimum absolute atomic E-state index is 0.159. The number of ether oxygens (including phenoxy) is 3. The van der Waals surface area contributed by atoms with Crippen molar-refractivity contribution in [2.45, 2.75) is 12.8 Å². The topological polar surface area (TPSA) is 65.0 Å². The summed E-state index contributed by atoms with van der Waals surface area (Å²) < 4.78 is 16.9. The number of hydrogen-bond donors (Lipinski definition) is 1. The van der Waals surface area contributed by atoms with Crippen LogP contribution in [0.25, 0.3) is 0 Å². The fourth-order valence-electron chi connectivity index (χ4n) is 2.10. The Labute approximate surface area is 126 Å². The van der Waals surface area contributed by atoms with E-state index in [1.165, 1.54) is 19.2 Å². The number of benzene rings is 1. The van der Waals surface area contributed by atoms with Crippen LogP contribution >= 0.6 is 15.9 Å². The Balaban J connectivity index is 2.11. The summed E-state index contributed by atoms with van der Waals surface area (Å²) in [5.41, 5.74) is 0.159. The first-order valence-corrected chi connectivity index (χ1v) is 7.22. The van der Waals surface area contributed by atoms with Crippen LogP contribution in [0.5, 0.6) is 11.5 Å². The number of carboxylic acids is 1. The Morgan fingerprint density at radius 2 is 2.15 bits per heavy atom. The Morgan fingerprint density at radius 1 is 1.45 bits per heavy atom. The molecule has 0 atom stereocenters. The lowest BCUT2D eigenvalue weighted by atomic mass is 10.0. The largest absolute Gasteiger partial charge is 0.493 e. The van der Waals surface area contributed by atoms with Crippen LogP contribution < -0.4 is 9.47 Å². The molecule has 6 heteroatoms.